The molecule has 0 unspecified atom stereocenters. The number of hydrogen-bond acceptors (Lipinski definition) is 4. The van der Waals surface area contributed by atoms with Crippen LogP contribution >= 0.6 is 0 Å². The minimum atomic E-state index is -4.69. The quantitative estimate of drug-likeness (QED) is 0.627. The van der Waals surface area contributed by atoms with E-state index in [9.17, 15) is 27.2 Å². The molecule has 0 aliphatic carbocycles. The van der Waals surface area contributed by atoms with Gasteiger partial charge in [-0.25, -0.2) is 4.39 Å². The summed E-state index contributed by atoms with van der Waals surface area (Å²) < 4.78 is 54.3. The van der Waals surface area contributed by atoms with Crippen LogP contribution in [0.5, 0.6) is 0 Å². The van der Waals surface area contributed by atoms with Crippen LogP contribution in [0.4, 0.5) is 17.6 Å². The monoisotopic (exact) mass is 437 g/mol. The summed E-state index contributed by atoms with van der Waals surface area (Å²) in [5.74, 6) is -2.04. The van der Waals surface area contributed by atoms with Crippen LogP contribution in [0.15, 0.2) is 52.9 Å². The normalized spacial score (nSPS) is 17.5. The van der Waals surface area contributed by atoms with Gasteiger partial charge in [-0.05, 0) is 43.8 Å². The molecule has 3 N–H and O–H groups in total. The van der Waals surface area contributed by atoms with Gasteiger partial charge in [0.25, 0.3) is 0 Å². The number of nitrogens with zero attached hydrogens (tertiary/aromatic N) is 1. The van der Waals surface area contributed by atoms with Crippen molar-refractivity contribution in [3.63, 3.8) is 0 Å². The van der Waals surface area contributed by atoms with E-state index in [2.05, 4.69) is 16.0 Å². The summed E-state index contributed by atoms with van der Waals surface area (Å²) in [5, 5.41) is 15.9. The first-order valence-corrected chi connectivity index (χ1v) is 9.15. The average Bonchev–Trinajstić information content (AvgIpc) is 2.69. The minimum absolute atomic E-state index is 0. The number of nitrogens with one attached hydrogen (secondary N) is 3. The van der Waals surface area contributed by atoms with Gasteiger partial charge in [0.1, 0.15) is 17.6 Å². The maximum absolute atomic E-state index is 14.2. The Bertz CT molecular complexity index is 1090. The van der Waals surface area contributed by atoms with Crippen LogP contribution in [0, 0.1) is 23.2 Å². The van der Waals surface area contributed by atoms with Crippen molar-refractivity contribution in [2.24, 2.45) is 0 Å². The molecule has 1 aromatic carbocycles. The molecule has 0 fully saturated rings. The second-order valence-corrected chi connectivity index (χ2v) is 7.01. The molecule has 165 valence electrons. The number of carbonyl (C=O) groups is 2. The summed E-state index contributed by atoms with van der Waals surface area (Å²) in [4.78, 5) is 24.9. The molecular weight excluding hydrogens is 416 g/mol. The van der Waals surface area contributed by atoms with Crippen molar-refractivity contribution < 1.29 is 30.0 Å². The van der Waals surface area contributed by atoms with Crippen LogP contribution in [0.25, 0.3) is 0 Å². The van der Waals surface area contributed by atoms with Crippen molar-refractivity contribution in [3.05, 3.63) is 75.9 Å². The SMILES string of the molecule is CC1=C(CC(=O)N[C@H](C)c2ccc(C#N)cc2F)C(=O)N[C]2C=CNC(C(F)(F)F)=C21.[HH].[HH]. The first-order chi connectivity index (χ1) is 14.5. The molecule has 31 heavy (non-hydrogen) atoms. The number of alkyl halides is 3. The Labute approximate surface area is 178 Å². The van der Waals surface area contributed by atoms with Crippen molar-refractivity contribution in [1.29, 1.82) is 5.26 Å². The molecule has 1 aromatic rings. The third-order valence-corrected chi connectivity index (χ3v) is 4.94. The summed E-state index contributed by atoms with van der Waals surface area (Å²) >= 11 is 0. The lowest BCUT2D eigenvalue weighted by Crippen LogP contribution is -2.42. The lowest BCUT2D eigenvalue weighted by atomic mass is 9.86. The number of benzene rings is 1. The second kappa shape index (κ2) is 8.26. The Morgan fingerprint density at radius 3 is 2.68 bits per heavy atom. The zero-order valence-corrected chi connectivity index (χ0v) is 16.4. The van der Waals surface area contributed by atoms with Crippen LogP contribution in [0.3, 0.4) is 0 Å². The molecule has 2 aliphatic rings. The highest BCUT2D eigenvalue weighted by Crippen LogP contribution is 2.39. The number of dihydropyridines is 1. The van der Waals surface area contributed by atoms with E-state index in [0.29, 0.717) is 0 Å². The van der Waals surface area contributed by atoms with E-state index < -0.39 is 42.0 Å². The number of fused-ring (bicyclic) bond motifs is 1. The van der Waals surface area contributed by atoms with Crippen molar-refractivity contribution in [2.45, 2.75) is 32.5 Å². The highest BCUT2D eigenvalue weighted by atomic mass is 19.4. The Morgan fingerprint density at radius 2 is 2.06 bits per heavy atom. The maximum atomic E-state index is 14.2. The lowest BCUT2D eigenvalue weighted by Gasteiger charge is -2.32. The Morgan fingerprint density at radius 1 is 1.35 bits per heavy atom. The van der Waals surface area contributed by atoms with Crippen LogP contribution < -0.4 is 16.0 Å². The van der Waals surface area contributed by atoms with Crippen LogP contribution in [-0.4, -0.2) is 18.0 Å². The largest absolute Gasteiger partial charge is 0.431 e. The zero-order valence-electron chi connectivity index (χ0n) is 16.4. The van der Waals surface area contributed by atoms with Crippen molar-refractivity contribution in [1.82, 2.24) is 16.0 Å². The maximum Gasteiger partial charge on any atom is 0.431 e. The molecule has 0 saturated carbocycles. The number of allylic oxidation sites excluding steroid dienone is 1. The summed E-state index contributed by atoms with van der Waals surface area (Å²) in [5.41, 5.74) is -1.12. The molecule has 2 amide bonds. The van der Waals surface area contributed by atoms with Gasteiger partial charge in [0, 0.05) is 19.6 Å². The van der Waals surface area contributed by atoms with Gasteiger partial charge in [-0.3, -0.25) is 9.59 Å². The Hall–Kier alpha value is -3.61. The summed E-state index contributed by atoms with van der Waals surface area (Å²) in [6.45, 7) is 2.85. The Kier molecular flexibility index (Phi) is 5.88. The van der Waals surface area contributed by atoms with Gasteiger partial charge in [-0.1, -0.05) is 6.07 Å². The van der Waals surface area contributed by atoms with E-state index in [1.807, 2.05) is 0 Å². The number of rotatable bonds is 4. The van der Waals surface area contributed by atoms with Crippen LogP contribution in [-0.2, 0) is 9.59 Å². The number of hydrogen-bond donors (Lipinski definition) is 3. The topological polar surface area (TPSA) is 94.0 Å². The molecule has 1 atom stereocenters. The standard InChI is InChI=1S/C21H17F4N4O2.2H2/c1-10-14(20(31)29-16-5-6-27-19(18(10)16)21(23,24)25)8-17(30)28-11(2)13-4-3-12(9-26)7-15(13)22;;/h3-7,11,27H,8H2,1-2H3,(H,28,30)(H,29,31);2*1H/t11-;;/m1../s1. The number of carbonyl (C=O) groups excluding carboxylic acids is 2. The predicted octanol–water partition coefficient (Wildman–Crippen LogP) is 3.67. The van der Waals surface area contributed by atoms with E-state index >= 15 is 0 Å². The zero-order chi connectivity index (χ0) is 22.9. The van der Waals surface area contributed by atoms with E-state index in [-0.39, 0.29) is 36.7 Å². The highest BCUT2D eigenvalue weighted by Gasteiger charge is 2.43. The molecule has 0 saturated heterocycles. The fraction of sp³-hybridized carbons (Fsp3) is 0.238. The fourth-order valence-electron chi connectivity index (χ4n) is 3.43. The summed E-state index contributed by atoms with van der Waals surface area (Å²) in [6.07, 6.45) is -2.81. The van der Waals surface area contributed by atoms with Crippen molar-refractivity contribution in [3.8, 4) is 6.07 Å². The summed E-state index contributed by atoms with van der Waals surface area (Å²) in [7, 11) is 0. The third kappa shape index (κ3) is 4.45. The molecule has 0 aromatic heterocycles. The molecule has 0 bridgehead atoms. The minimum Gasteiger partial charge on any atom is -0.358 e. The van der Waals surface area contributed by atoms with Gasteiger partial charge in [0.05, 0.1) is 24.1 Å². The van der Waals surface area contributed by atoms with Crippen LogP contribution in [0.2, 0.25) is 0 Å². The van der Waals surface area contributed by atoms with E-state index in [1.54, 1.807) is 6.07 Å². The molecule has 1 radical (unpaired) electrons. The first-order valence-electron chi connectivity index (χ1n) is 9.15. The van der Waals surface area contributed by atoms with Crippen LogP contribution in [0.1, 0.15) is 40.3 Å². The second-order valence-electron chi connectivity index (χ2n) is 7.01. The average molecular weight is 437 g/mol. The van der Waals surface area contributed by atoms with Gasteiger partial charge >= 0.3 is 6.18 Å². The van der Waals surface area contributed by atoms with Crippen molar-refractivity contribution in [2.75, 3.05) is 0 Å². The molecule has 2 aliphatic heterocycles. The van der Waals surface area contributed by atoms with Gasteiger partial charge in [0.2, 0.25) is 11.8 Å². The first kappa shape index (κ1) is 22.1. The van der Waals surface area contributed by atoms with Crippen molar-refractivity contribution >= 4 is 11.8 Å². The Balaban J connectivity index is 0.00000272. The molecule has 2 heterocycles. The van der Waals surface area contributed by atoms with Gasteiger partial charge in [0.15, 0.2) is 0 Å². The molecule has 10 heteroatoms. The van der Waals surface area contributed by atoms with E-state index in [0.717, 1.165) is 12.3 Å². The number of amides is 2. The predicted molar refractivity (Wildman–Crippen MR) is 106 cm³/mol. The third-order valence-electron chi connectivity index (χ3n) is 4.94. The van der Waals surface area contributed by atoms with Gasteiger partial charge in [-0.15, -0.1) is 0 Å². The molecule has 6 nitrogen and oxygen atoms in total. The molecular formula is C21H21F4N4O2. The van der Waals surface area contributed by atoms with E-state index in [1.165, 1.54) is 32.1 Å². The van der Waals surface area contributed by atoms with Gasteiger partial charge < -0.3 is 16.0 Å². The number of nitriles is 1. The lowest BCUT2D eigenvalue weighted by molar-refractivity contribution is -0.123. The van der Waals surface area contributed by atoms with E-state index in [4.69, 9.17) is 5.26 Å². The molecule has 3 rings (SSSR count). The highest BCUT2D eigenvalue weighted by molar-refractivity contribution is 6.03. The number of halogens is 4. The molecule has 0 spiro atoms. The van der Waals surface area contributed by atoms with Gasteiger partial charge in [-0.2, -0.15) is 18.4 Å². The fourth-order valence-corrected chi connectivity index (χ4v) is 3.43. The smallest absolute Gasteiger partial charge is 0.358 e. The summed E-state index contributed by atoms with van der Waals surface area (Å²) in [6, 6.07) is 4.79.